The van der Waals surface area contributed by atoms with Crippen LogP contribution in [0.2, 0.25) is 5.02 Å². The fourth-order valence-electron chi connectivity index (χ4n) is 4.62. The average molecular weight is 508 g/mol. The van der Waals surface area contributed by atoms with Crippen molar-refractivity contribution in [1.82, 2.24) is 0 Å². The quantitative estimate of drug-likeness (QED) is 0.394. The molecule has 0 radical (unpaired) electrons. The molecule has 0 saturated carbocycles. The van der Waals surface area contributed by atoms with E-state index in [0.29, 0.717) is 34.2 Å². The van der Waals surface area contributed by atoms with Crippen molar-refractivity contribution in [2.75, 3.05) is 11.9 Å². The molecule has 2 N–H and O–H groups in total. The lowest BCUT2D eigenvalue weighted by molar-refractivity contribution is -0.142. The molecule has 0 bridgehead atoms. The highest BCUT2D eigenvalue weighted by Crippen LogP contribution is 2.32. The Morgan fingerprint density at radius 1 is 1.06 bits per heavy atom. The molecule has 1 heterocycles. The van der Waals surface area contributed by atoms with Crippen molar-refractivity contribution in [3.8, 4) is 11.5 Å². The Labute approximate surface area is 216 Å². The number of amides is 1. The summed E-state index contributed by atoms with van der Waals surface area (Å²) in [6, 6.07) is 14.6. The van der Waals surface area contributed by atoms with Gasteiger partial charge in [0.15, 0.2) is 0 Å². The summed E-state index contributed by atoms with van der Waals surface area (Å²) in [7, 11) is 0. The number of rotatable bonds is 7. The van der Waals surface area contributed by atoms with Crippen molar-refractivity contribution >= 4 is 29.2 Å². The molecule has 1 atom stereocenters. The Balaban J connectivity index is 1.45. The largest absolute Gasteiger partial charge is 0.490 e. The standard InChI is InChI=1S/C29H30ClNO5/c1-16-6-8-21(14-24(16)29(4,5)28(33)34)31-27(32)26-17(2)10-22(11-18(26)3)35-15-23-13-19-12-20(30)7-9-25(19)36-23/h6-12,14,23H,13,15H2,1-5H3,(H,31,32)(H,33,34)/t23-/m0/s1. The van der Waals surface area contributed by atoms with Crippen LogP contribution in [0, 0.1) is 20.8 Å². The highest BCUT2D eigenvalue weighted by atomic mass is 35.5. The molecule has 0 aromatic heterocycles. The Morgan fingerprint density at radius 3 is 2.42 bits per heavy atom. The van der Waals surface area contributed by atoms with Crippen LogP contribution in [0.3, 0.4) is 0 Å². The molecule has 0 spiro atoms. The van der Waals surface area contributed by atoms with Crippen LogP contribution in [-0.2, 0) is 16.6 Å². The number of carbonyl (C=O) groups is 2. The summed E-state index contributed by atoms with van der Waals surface area (Å²) in [6.07, 6.45) is 0.624. The minimum atomic E-state index is -1.08. The van der Waals surface area contributed by atoms with E-state index in [1.165, 1.54) is 0 Å². The van der Waals surface area contributed by atoms with Crippen molar-refractivity contribution in [3.63, 3.8) is 0 Å². The molecular weight excluding hydrogens is 478 g/mol. The smallest absolute Gasteiger partial charge is 0.313 e. The number of ether oxygens (including phenoxy) is 2. The third kappa shape index (κ3) is 5.19. The summed E-state index contributed by atoms with van der Waals surface area (Å²) in [4.78, 5) is 24.9. The van der Waals surface area contributed by atoms with Gasteiger partial charge in [0.25, 0.3) is 5.91 Å². The molecule has 1 amide bonds. The molecule has 0 unspecified atom stereocenters. The number of benzene rings is 3. The number of nitrogens with one attached hydrogen (secondary N) is 1. The number of hydrogen-bond donors (Lipinski definition) is 2. The molecule has 188 valence electrons. The van der Waals surface area contributed by atoms with Crippen molar-refractivity contribution < 1.29 is 24.2 Å². The van der Waals surface area contributed by atoms with Crippen molar-refractivity contribution in [3.05, 3.63) is 86.9 Å². The Kier molecular flexibility index (Phi) is 7.01. The van der Waals surface area contributed by atoms with E-state index in [1.54, 1.807) is 26.0 Å². The van der Waals surface area contributed by atoms with E-state index >= 15 is 0 Å². The van der Waals surface area contributed by atoms with Crippen LogP contribution in [0.4, 0.5) is 5.69 Å². The molecule has 0 saturated heterocycles. The third-order valence-corrected chi connectivity index (χ3v) is 6.87. The van der Waals surface area contributed by atoms with Gasteiger partial charge in [-0.05, 0) is 105 Å². The first kappa shape index (κ1) is 25.6. The number of hydrogen-bond acceptors (Lipinski definition) is 4. The first-order valence-corrected chi connectivity index (χ1v) is 12.2. The number of carboxylic acids is 1. The first-order chi connectivity index (χ1) is 17.0. The second kappa shape index (κ2) is 9.86. The average Bonchev–Trinajstić information content (AvgIpc) is 3.20. The molecule has 0 aliphatic carbocycles. The number of anilines is 1. The first-order valence-electron chi connectivity index (χ1n) is 11.8. The molecular formula is C29H30ClNO5. The van der Waals surface area contributed by atoms with Crippen molar-refractivity contribution in [2.45, 2.75) is 52.6 Å². The predicted octanol–water partition coefficient (Wildman–Crippen LogP) is 6.26. The van der Waals surface area contributed by atoms with Gasteiger partial charge in [0, 0.05) is 22.7 Å². The van der Waals surface area contributed by atoms with Gasteiger partial charge in [-0.2, -0.15) is 0 Å². The number of carboxylic acid groups (broad SMARTS) is 1. The Morgan fingerprint density at radius 2 is 1.75 bits per heavy atom. The minimum absolute atomic E-state index is 0.104. The van der Waals surface area contributed by atoms with Crippen molar-refractivity contribution in [1.29, 1.82) is 0 Å². The van der Waals surface area contributed by atoms with Gasteiger partial charge in [0.05, 0.1) is 5.41 Å². The van der Waals surface area contributed by atoms with Gasteiger partial charge in [-0.1, -0.05) is 17.7 Å². The molecule has 3 aromatic rings. The van der Waals surface area contributed by atoms with Gasteiger partial charge < -0.3 is 19.9 Å². The lowest BCUT2D eigenvalue weighted by Crippen LogP contribution is -2.29. The summed E-state index contributed by atoms with van der Waals surface area (Å²) >= 11 is 6.07. The minimum Gasteiger partial charge on any atom is -0.490 e. The lowest BCUT2D eigenvalue weighted by atomic mass is 9.82. The fraction of sp³-hybridized carbons (Fsp3) is 0.310. The van der Waals surface area contributed by atoms with Gasteiger partial charge in [-0.25, -0.2) is 0 Å². The van der Waals surface area contributed by atoms with Crippen LogP contribution < -0.4 is 14.8 Å². The summed E-state index contributed by atoms with van der Waals surface area (Å²) in [6.45, 7) is 9.28. The Hall–Kier alpha value is -3.51. The Bertz CT molecular complexity index is 1320. The van der Waals surface area contributed by atoms with E-state index in [4.69, 9.17) is 21.1 Å². The lowest BCUT2D eigenvalue weighted by Gasteiger charge is -2.23. The zero-order chi connectivity index (χ0) is 26.2. The molecule has 4 rings (SSSR count). The van der Waals surface area contributed by atoms with E-state index in [2.05, 4.69) is 5.32 Å². The molecule has 3 aromatic carbocycles. The summed E-state index contributed by atoms with van der Waals surface area (Å²) in [5.41, 5.74) is 4.17. The maximum Gasteiger partial charge on any atom is 0.313 e. The zero-order valence-corrected chi connectivity index (χ0v) is 21.8. The van der Waals surface area contributed by atoms with Crippen LogP contribution in [0.1, 0.15) is 52.0 Å². The van der Waals surface area contributed by atoms with E-state index in [1.807, 2.05) is 57.2 Å². The fourth-order valence-corrected chi connectivity index (χ4v) is 4.81. The van der Waals surface area contributed by atoms with E-state index in [9.17, 15) is 14.7 Å². The summed E-state index contributed by atoms with van der Waals surface area (Å²) < 4.78 is 12.0. The highest BCUT2D eigenvalue weighted by molar-refractivity contribution is 6.30. The summed E-state index contributed by atoms with van der Waals surface area (Å²) in [5.74, 6) is 0.316. The number of carbonyl (C=O) groups excluding carboxylic acids is 1. The number of aryl methyl sites for hydroxylation is 3. The van der Waals surface area contributed by atoms with Gasteiger partial charge >= 0.3 is 5.97 Å². The van der Waals surface area contributed by atoms with Gasteiger partial charge in [-0.3, -0.25) is 9.59 Å². The normalized spacial score (nSPS) is 14.7. The van der Waals surface area contributed by atoms with Crippen LogP contribution in [0.25, 0.3) is 0 Å². The molecule has 7 heteroatoms. The maximum absolute atomic E-state index is 13.2. The SMILES string of the molecule is Cc1ccc(NC(=O)c2c(C)cc(OC[C@@H]3Cc4cc(Cl)ccc4O3)cc2C)cc1C(C)(C)C(=O)O. The van der Waals surface area contributed by atoms with E-state index < -0.39 is 11.4 Å². The van der Waals surface area contributed by atoms with Gasteiger partial charge in [0.1, 0.15) is 24.2 Å². The van der Waals surface area contributed by atoms with Gasteiger partial charge in [0.2, 0.25) is 0 Å². The van der Waals surface area contributed by atoms with E-state index in [-0.39, 0.29) is 12.0 Å². The van der Waals surface area contributed by atoms with Crippen LogP contribution in [0.15, 0.2) is 48.5 Å². The highest BCUT2D eigenvalue weighted by Gasteiger charge is 2.31. The monoisotopic (exact) mass is 507 g/mol. The molecule has 1 aliphatic heterocycles. The predicted molar refractivity (Wildman–Crippen MR) is 141 cm³/mol. The third-order valence-electron chi connectivity index (χ3n) is 6.64. The molecule has 6 nitrogen and oxygen atoms in total. The van der Waals surface area contributed by atoms with Crippen LogP contribution in [-0.4, -0.2) is 29.7 Å². The number of halogens is 1. The topological polar surface area (TPSA) is 84.9 Å². The number of aliphatic carboxylic acids is 1. The molecule has 36 heavy (non-hydrogen) atoms. The van der Waals surface area contributed by atoms with Crippen LogP contribution in [0.5, 0.6) is 11.5 Å². The zero-order valence-electron chi connectivity index (χ0n) is 21.1. The second-order valence-corrected chi connectivity index (χ2v) is 10.3. The van der Waals surface area contributed by atoms with Crippen molar-refractivity contribution in [2.24, 2.45) is 0 Å². The molecule has 1 aliphatic rings. The second-order valence-electron chi connectivity index (χ2n) is 9.85. The van der Waals surface area contributed by atoms with Crippen LogP contribution >= 0.6 is 11.6 Å². The number of fused-ring (bicyclic) bond motifs is 1. The van der Waals surface area contributed by atoms with E-state index in [0.717, 1.165) is 34.4 Å². The van der Waals surface area contributed by atoms with Gasteiger partial charge in [-0.15, -0.1) is 0 Å². The maximum atomic E-state index is 13.2. The summed E-state index contributed by atoms with van der Waals surface area (Å²) in [5, 5.41) is 13.2. The molecule has 0 fully saturated rings.